The van der Waals surface area contributed by atoms with Crippen molar-refractivity contribution in [2.24, 2.45) is 0 Å². The minimum atomic E-state index is -0.157. The predicted molar refractivity (Wildman–Crippen MR) is 96.0 cm³/mol. The lowest BCUT2D eigenvalue weighted by molar-refractivity contribution is 0.103. The van der Waals surface area contributed by atoms with Crippen molar-refractivity contribution in [2.75, 3.05) is 23.3 Å². The van der Waals surface area contributed by atoms with E-state index in [2.05, 4.69) is 22.5 Å². The van der Waals surface area contributed by atoms with Gasteiger partial charge in [0.2, 0.25) is 0 Å². The summed E-state index contributed by atoms with van der Waals surface area (Å²) in [7, 11) is 0. The molecule has 1 aliphatic heterocycles. The second-order valence-electron chi connectivity index (χ2n) is 5.66. The van der Waals surface area contributed by atoms with Gasteiger partial charge in [-0.3, -0.25) is 9.69 Å². The molecular formula is C17H20N4O2S. The van der Waals surface area contributed by atoms with Crippen molar-refractivity contribution < 1.29 is 9.59 Å². The molecule has 2 aromatic rings. The molecule has 1 aromatic heterocycles. The quantitative estimate of drug-likeness (QED) is 0.875. The molecule has 1 fully saturated rings. The van der Waals surface area contributed by atoms with E-state index < -0.39 is 0 Å². The van der Waals surface area contributed by atoms with Crippen molar-refractivity contribution in [3.05, 3.63) is 39.8 Å². The molecule has 1 saturated heterocycles. The first kappa shape index (κ1) is 16.4. The van der Waals surface area contributed by atoms with Gasteiger partial charge in [0.05, 0.1) is 10.7 Å². The van der Waals surface area contributed by atoms with Crippen molar-refractivity contribution in [3.8, 4) is 0 Å². The van der Waals surface area contributed by atoms with E-state index in [1.807, 2.05) is 31.2 Å². The van der Waals surface area contributed by atoms with Crippen LogP contribution in [-0.2, 0) is 6.42 Å². The minimum Gasteiger partial charge on any atom is -0.336 e. The van der Waals surface area contributed by atoms with Crippen LogP contribution in [0, 0.1) is 6.92 Å². The number of nitrogens with zero attached hydrogens (tertiary/aromatic N) is 2. The molecule has 0 saturated carbocycles. The van der Waals surface area contributed by atoms with Crippen molar-refractivity contribution in [3.63, 3.8) is 0 Å². The van der Waals surface area contributed by atoms with E-state index in [1.54, 1.807) is 4.90 Å². The Bertz CT molecular complexity index is 772. The standard InChI is InChI=1S/C17H20N4O2S/c1-3-5-14-19-11(2)15(24-14)16(22)20-12-6-4-7-13(10-12)21-9-8-18-17(21)23/h4,6-7,10H,3,5,8-9H2,1-2H3,(H,18,23)(H,20,22). The molecule has 0 spiro atoms. The maximum Gasteiger partial charge on any atom is 0.321 e. The largest absolute Gasteiger partial charge is 0.336 e. The fraction of sp³-hybridized carbons (Fsp3) is 0.353. The molecule has 0 bridgehead atoms. The van der Waals surface area contributed by atoms with Crippen LogP contribution in [0.15, 0.2) is 24.3 Å². The molecule has 1 aliphatic rings. The average Bonchev–Trinajstić information content (AvgIpc) is 3.14. The van der Waals surface area contributed by atoms with Gasteiger partial charge in [0.1, 0.15) is 4.88 Å². The molecule has 2 heterocycles. The Labute approximate surface area is 144 Å². The molecule has 3 rings (SSSR count). The van der Waals surface area contributed by atoms with Gasteiger partial charge in [-0.15, -0.1) is 11.3 Å². The summed E-state index contributed by atoms with van der Waals surface area (Å²) in [6.07, 6.45) is 1.90. The van der Waals surface area contributed by atoms with Crippen LogP contribution in [0.3, 0.4) is 0 Å². The van der Waals surface area contributed by atoms with Crippen LogP contribution in [0.2, 0.25) is 0 Å². The molecule has 2 N–H and O–H groups in total. The number of urea groups is 1. The zero-order valence-corrected chi connectivity index (χ0v) is 14.6. The van der Waals surface area contributed by atoms with E-state index in [-0.39, 0.29) is 11.9 Å². The van der Waals surface area contributed by atoms with Crippen LogP contribution < -0.4 is 15.5 Å². The first-order chi connectivity index (χ1) is 11.6. The number of aryl methyl sites for hydroxylation is 2. The van der Waals surface area contributed by atoms with Crippen molar-refractivity contribution in [1.29, 1.82) is 0 Å². The minimum absolute atomic E-state index is 0.110. The number of aromatic nitrogens is 1. The number of thiazole rings is 1. The smallest absolute Gasteiger partial charge is 0.321 e. The Balaban J connectivity index is 1.76. The van der Waals surface area contributed by atoms with Crippen molar-refractivity contribution in [1.82, 2.24) is 10.3 Å². The number of hydrogen-bond donors (Lipinski definition) is 2. The molecular weight excluding hydrogens is 324 g/mol. The molecule has 0 atom stereocenters. The Morgan fingerprint density at radius 3 is 3.00 bits per heavy atom. The van der Waals surface area contributed by atoms with Gasteiger partial charge >= 0.3 is 6.03 Å². The number of rotatable bonds is 5. The summed E-state index contributed by atoms with van der Waals surface area (Å²) in [4.78, 5) is 31.0. The van der Waals surface area contributed by atoms with E-state index in [0.29, 0.717) is 23.7 Å². The van der Waals surface area contributed by atoms with E-state index >= 15 is 0 Å². The van der Waals surface area contributed by atoms with Crippen LogP contribution in [0.4, 0.5) is 16.2 Å². The first-order valence-corrected chi connectivity index (χ1v) is 8.83. The van der Waals surface area contributed by atoms with Gasteiger partial charge < -0.3 is 10.6 Å². The summed E-state index contributed by atoms with van der Waals surface area (Å²) in [6.45, 7) is 5.21. The highest BCUT2D eigenvalue weighted by atomic mass is 32.1. The summed E-state index contributed by atoms with van der Waals surface area (Å²) < 4.78 is 0. The molecule has 0 unspecified atom stereocenters. The maximum absolute atomic E-state index is 12.5. The van der Waals surface area contributed by atoms with Crippen molar-refractivity contribution >= 4 is 34.6 Å². The fourth-order valence-electron chi connectivity index (χ4n) is 2.64. The predicted octanol–water partition coefficient (Wildman–Crippen LogP) is 3.19. The molecule has 7 heteroatoms. The highest BCUT2D eigenvalue weighted by Crippen LogP contribution is 2.24. The number of nitrogens with one attached hydrogen (secondary N) is 2. The van der Waals surface area contributed by atoms with Gasteiger partial charge in [-0.2, -0.15) is 0 Å². The lowest BCUT2D eigenvalue weighted by Crippen LogP contribution is -2.27. The van der Waals surface area contributed by atoms with Crippen molar-refractivity contribution in [2.45, 2.75) is 26.7 Å². The summed E-state index contributed by atoms with van der Waals surface area (Å²) in [5.41, 5.74) is 2.20. The lowest BCUT2D eigenvalue weighted by Gasteiger charge is -2.15. The van der Waals surface area contributed by atoms with Gasteiger partial charge in [-0.1, -0.05) is 13.0 Å². The Kier molecular flexibility index (Phi) is 4.80. The van der Waals surface area contributed by atoms with Gasteiger partial charge in [0.25, 0.3) is 5.91 Å². The summed E-state index contributed by atoms with van der Waals surface area (Å²) in [5.74, 6) is -0.157. The average molecular weight is 344 g/mol. The summed E-state index contributed by atoms with van der Waals surface area (Å²) in [6, 6.07) is 7.21. The number of amides is 3. The van der Waals surface area contributed by atoms with Gasteiger partial charge in [0.15, 0.2) is 0 Å². The van der Waals surface area contributed by atoms with E-state index in [1.165, 1.54) is 11.3 Å². The Hall–Kier alpha value is -2.41. The van der Waals surface area contributed by atoms with E-state index in [9.17, 15) is 9.59 Å². The number of anilines is 2. The molecule has 3 amide bonds. The monoisotopic (exact) mass is 344 g/mol. The second kappa shape index (κ2) is 7.00. The van der Waals surface area contributed by atoms with E-state index in [4.69, 9.17) is 0 Å². The SMILES string of the molecule is CCCc1nc(C)c(C(=O)Nc2cccc(N3CCNC3=O)c2)s1. The Morgan fingerprint density at radius 1 is 1.46 bits per heavy atom. The third-order valence-electron chi connectivity index (χ3n) is 3.78. The fourth-order valence-corrected chi connectivity index (χ4v) is 3.70. The molecule has 24 heavy (non-hydrogen) atoms. The number of carbonyl (C=O) groups excluding carboxylic acids is 2. The Morgan fingerprint density at radius 2 is 2.29 bits per heavy atom. The van der Waals surface area contributed by atoms with Gasteiger partial charge in [-0.25, -0.2) is 9.78 Å². The van der Waals surface area contributed by atoms with Crippen LogP contribution >= 0.6 is 11.3 Å². The lowest BCUT2D eigenvalue weighted by atomic mass is 10.2. The van der Waals surface area contributed by atoms with Crippen LogP contribution in [-0.4, -0.2) is 30.0 Å². The van der Waals surface area contributed by atoms with Crippen LogP contribution in [0.25, 0.3) is 0 Å². The molecule has 1 aromatic carbocycles. The zero-order valence-electron chi connectivity index (χ0n) is 13.8. The van der Waals surface area contributed by atoms with Crippen LogP contribution in [0.5, 0.6) is 0 Å². The first-order valence-electron chi connectivity index (χ1n) is 8.01. The van der Waals surface area contributed by atoms with E-state index in [0.717, 1.165) is 29.2 Å². The third-order valence-corrected chi connectivity index (χ3v) is 5.00. The molecule has 126 valence electrons. The maximum atomic E-state index is 12.5. The summed E-state index contributed by atoms with van der Waals surface area (Å²) >= 11 is 1.44. The molecule has 0 aliphatic carbocycles. The number of hydrogen-bond acceptors (Lipinski definition) is 4. The van der Waals surface area contributed by atoms with Gasteiger partial charge in [0, 0.05) is 24.5 Å². The molecule has 6 nitrogen and oxygen atoms in total. The number of benzene rings is 1. The highest BCUT2D eigenvalue weighted by molar-refractivity contribution is 7.13. The third kappa shape index (κ3) is 3.41. The van der Waals surface area contributed by atoms with Crippen LogP contribution in [0.1, 0.15) is 33.7 Å². The van der Waals surface area contributed by atoms with Gasteiger partial charge in [-0.05, 0) is 38.0 Å². The normalized spacial score (nSPS) is 13.9. The highest BCUT2D eigenvalue weighted by Gasteiger charge is 2.21. The summed E-state index contributed by atoms with van der Waals surface area (Å²) in [5, 5.41) is 6.66. The topological polar surface area (TPSA) is 74.3 Å². The second-order valence-corrected chi connectivity index (χ2v) is 6.74. The molecule has 0 radical (unpaired) electrons. The zero-order chi connectivity index (χ0) is 17.1. The number of carbonyl (C=O) groups is 2.